The molecule has 2 aromatic carbocycles. The van der Waals surface area contributed by atoms with Crippen molar-refractivity contribution < 1.29 is 22.9 Å². The molecular formula is C18H17N3O6S. The van der Waals surface area contributed by atoms with Crippen molar-refractivity contribution in [3.05, 3.63) is 63.7 Å². The van der Waals surface area contributed by atoms with Crippen molar-refractivity contribution in [1.29, 1.82) is 0 Å². The molecule has 146 valence electrons. The summed E-state index contributed by atoms with van der Waals surface area (Å²) in [6.07, 6.45) is 0.391. The maximum atomic E-state index is 12.3. The zero-order valence-electron chi connectivity index (χ0n) is 14.9. The lowest BCUT2D eigenvalue weighted by Gasteiger charge is -2.28. The molecule has 0 atom stereocenters. The molecule has 0 unspecified atom stereocenters. The molecule has 0 bridgehead atoms. The molecule has 10 heteroatoms. The number of nitrogens with zero attached hydrogens (tertiary/aromatic N) is 2. The van der Waals surface area contributed by atoms with Crippen LogP contribution in [0.15, 0.2) is 47.4 Å². The Balaban J connectivity index is 1.79. The molecule has 1 aliphatic rings. The van der Waals surface area contributed by atoms with E-state index in [4.69, 9.17) is 0 Å². The van der Waals surface area contributed by atoms with E-state index in [0.717, 1.165) is 10.5 Å². The highest BCUT2D eigenvalue weighted by atomic mass is 32.2. The number of hydrogen-bond donors (Lipinski definition) is 1. The average Bonchev–Trinajstić information content (AvgIpc) is 2.63. The second kappa shape index (κ2) is 7.39. The molecule has 9 nitrogen and oxygen atoms in total. The van der Waals surface area contributed by atoms with Crippen molar-refractivity contribution >= 4 is 33.2 Å². The number of nitrogens with one attached hydrogen (secondary N) is 1. The van der Waals surface area contributed by atoms with Gasteiger partial charge in [0, 0.05) is 24.2 Å². The van der Waals surface area contributed by atoms with Gasteiger partial charge in [0.1, 0.15) is 6.54 Å². The Kier molecular flexibility index (Phi) is 5.14. The van der Waals surface area contributed by atoms with Crippen molar-refractivity contribution in [3.8, 4) is 0 Å². The Hall–Kier alpha value is -3.27. The number of carbonyl (C=O) groups excluding carboxylic acids is 2. The van der Waals surface area contributed by atoms with Gasteiger partial charge in [0.15, 0.2) is 0 Å². The molecule has 0 aliphatic carbocycles. The molecule has 1 N–H and O–H groups in total. The zero-order valence-corrected chi connectivity index (χ0v) is 15.7. The van der Waals surface area contributed by atoms with Gasteiger partial charge in [-0.1, -0.05) is 17.7 Å². The summed E-state index contributed by atoms with van der Waals surface area (Å²) in [5.74, 6) is -1.23. The van der Waals surface area contributed by atoms with Crippen LogP contribution in [0.5, 0.6) is 0 Å². The monoisotopic (exact) mass is 403 g/mol. The summed E-state index contributed by atoms with van der Waals surface area (Å²) in [7, 11) is -4.07. The Labute approximate surface area is 161 Å². The van der Waals surface area contributed by atoms with Crippen LogP contribution >= 0.6 is 0 Å². The van der Waals surface area contributed by atoms with Crippen LogP contribution < -0.4 is 9.62 Å². The molecule has 0 spiro atoms. The van der Waals surface area contributed by atoms with Crippen LogP contribution in [-0.4, -0.2) is 31.7 Å². The minimum absolute atomic E-state index is 0.0626. The number of sulfonamides is 1. The zero-order chi connectivity index (χ0) is 20.5. The van der Waals surface area contributed by atoms with Gasteiger partial charge in [-0.2, -0.15) is 0 Å². The minimum Gasteiger partial charge on any atom is -0.303 e. The summed E-state index contributed by atoms with van der Waals surface area (Å²) in [6, 6.07) is 9.97. The molecule has 2 amide bonds. The highest BCUT2D eigenvalue weighted by molar-refractivity contribution is 7.90. The fourth-order valence-corrected chi connectivity index (χ4v) is 3.91. The SMILES string of the molecule is Cc1ccc(S(=O)(=O)NC(=O)CN2C(=O)CCc3cc([N+](=O)[O-])ccc32)cc1. The van der Waals surface area contributed by atoms with Crippen LogP contribution in [-0.2, 0) is 26.0 Å². The first kappa shape index (κ1) is 19.5. The van der Waals surface area contributed by atoms with E-state index in [-0.39, 0.29) is 22.9 Å². The summed E-state index contributed by atoms with van der Waals surface area (Å²) in [5.41, 5.74) is 1.68. The van der Waals surface area contributed by atoms with Crippen LogP contribution in [0.2, 0.25) is 0 Å². The van der Waals surface area contributed by atoms with E-state index in [1.165, 1.54) is 30.3 Å². The molecule has 0 saturated heterocycles. The standard InChI is InChI=1S/C18H17N3O6S/c1-12-2-6-15(7-3-12)28(26,27)19-17(22)11-20-16-8-5-14(21(24)25)10-13(16)4-9-18(20)23/h2-3,5-8,10H,4,9,11H2,1H3,(H,19,22). The number of amides is 2. The first-order valence-corrected chi connectivity index (χ1v) is 9.86. The number of non-ortho nitro benzene ring substituents is 1. The van der Waals surface area contributed by atoms with Gasteiger partial charge >= 0.3 is 0 Å². The number of rotatable bonds is 5. The number of anilines is 1. The third kappa shape index (κ3) is 4.01. The Bertz CT molecular complexity index is 1060. The number of hydrogen-bond acceptors (Lipinski definition) is 6. The van der Waals surface area contributed by atoms with E-state index >= 15 is 0 Å². The summed E-state index contributed by atoms with van der Waals surface area (Å²) in [4.78, 5) is 36.0. The summed E-state index contributed by atoms with van der Waals surface area (Å²) in [6.45, 7) is 1.30. The van der Waals surface area contributed by atoms with Gasteiger partial charge < -0.3 is 4.90 Å². The van der Waals surface area contributed by atoms with Gasteiger partial charge in [-0.15, -0.1) is 0 Å². The van der Waals surface area contributed by atoms with E-state index in [2.05, 4.69) is 0 Å². The molecule has 3 rings (SSSR count). The van der Waals surface area contributed by atoms with Crippen LogP contribution in [0.1, 0.15) is 17.5 Å². The molecule has 0 radical (unpaired) electrons. The fraction of sp³-hybridized carbons (Fsp3) is 0.222. The highest BCUT2D eigenvalue weighted by Crippen LogP contribution is 2.30. The van der Waals surface area contributed by atoms with Gasteiger partial charge in [0.05, 0.1) is 9.82 Å². The van der Waals surface area contributed by atoms with Crippen molar-refractivity contribution in [3.63, 3.8) is 0 Å². The first-order chi connectivity index (χ1) is 13.2. The molecule has 0 saturated carbocycles. The smallest absolute Gasteiger partial charge is 0.269 e. The molecule has 28 heavy (non-hydrogen) atoms. The predicted molar refractivity (Wildman–Crippen MR) is 100 cm³/mol. The number of nitro benzene ring substituents is 1. The molecule has 1 aliphatic heterocycles. The van der Waals surface area contributed by atoms with E-state index in [1.807, 2.05) is 4.72 Å². The molecule has 0 fully saturated rings. The van der Waals surface area contributed by atoms with Crippen LogP contribution in [0, 0.1) is 17.0 Å². The largest absolute Gasteiger partial charge is 0.303 e. The lowest BCUT2D eigenvalue weighted by molar-refractivity contribution is -0.384. The van der Waals surface area contributed by atoms with Gasteiger partial charge in [0.25, 0.3) is 21.6 Å². The van der Waals surface area contributed by atoms with Gasteiger partial charge in [-0.05, 0) is 37.1 Å². The second-order valence-corrected chi connectivity index (χ2v) is 8.07. The number of benzene rings is 2. The first-order valence-electron chi connectivity index (χ1n) is 8.37. The van der Waals surface area contributed by atoms with Crippen molar-refractivity contribution in [2.75, 3.05) is 11.4 Å². The lowest BCUT2D eigenvalue weighted by Crippen LogP contribution is -2.44. The van der Waals surface area contributed by atoms with Gasteiger partial charge in [-0.3, -0.25) is 19.7 Å². The third-order valence-corrected chi connectivity index (χ3v) is 5.74. The van der Waals surface area contributed by atoms with E-state index < -0.39 is 27.4 Å². The number of fused-ring (bicyclic) bond motifs is 1. The quantitative estimate of drug-likeness (QED) is 0.598. The van der Waals surface area contributed by atoms with Crippen LogP contribution in [0.3, 0.4) is 0 Å². The van der Waals surface area contributed by atoms with Crippen molar-refractivity contribution in [1.82, 2.24) is 4.72 Å². The lowest BCUT2D eigenvalue weighted by atomic mass is 10.0. The number of carbonyl (C=O) groups is 2. The highest BCUT2D eigenvalue weighted by Gasteiger charge is 2.29. The number of aryl methyl sites for hydroxylation is 2. The number of nitro groups is 1. The van der Waals surface area contributed by atoms with Crippen LogP contribution in [0.25, 0.3) is 0 Å². The second-order valence-electron chi connectivity index (χ2n) is 6.39. The third-order valence-electron chi connectivity index (χ3n) is 4.36. The summed E-state index contributed by atoms with van der Waals surface area (Å²) >= 11 is 0. The van der Waals surface area contributed by atoms with Crippen molar-refractivity contribution in [2.45, 2.75) is 24.7 Å². The van der Waals surface area contributed by atoms with E-state index in [0.29, 0.717) is 17.7 Å². The van der Waals surface area contributed by atoms with Gasteiger partial charge in [0.2, 0.25) is 5.91 Å². The van der Waals surface area contributed by atoms with Crippen LogP contribution in [0.4, 0.5) is 11.4 Å². The Morgan fingerprint density at radius 2 is 1.86 bits per heavy atom. The normalized spacial score (nSPS) is 13.8. The minimum atomic E-state index is -4.07. The average molecular weight is 403 g/mol. The molecule has 1 heterocycles. The maximum Gasteiger partial charge on any atom is 0.269 e. The molecule has 0 aromatic heterocycles. The fourth-order valence-electron chi connectivity index (χ4n) is 2.94. The Morgan fingerprint density at radius 3 is 2.50 bits per heavy atom. The van der Waals surface area contributed by atoms with E-state index in [1.54, 1.807) is 19.1 Å². The topological polar surface area (TPSA) is 127 Å². The molecule has 2 aromatic rings. The maximum absolute atomic E-state index is 12.3. The van der Waals surface area contributed by atoms with E-state index in [9.17, 15) is 28.1 Å². The Morgan fingerprint density at radius 1 is 1.18 bits per heavy atom. The van der Waals surface area contributed by atoms with Crippen molar-refractivity contribution in [2.24, 2.45) is 0 Å². The summed E-state index contributed by atoms with van der Waals surface area (Å²) < 4.78 is 26.6. The predicted octanol–water partition coefficient (Wildman–Crippen LogP) is 1.69. The summed E-state index contributed by atoms with van der Waals surface area (Å²) in [5, 5.41) is 10.9. The van der Waals surface area contributed by atoms with Gasteiger partial charge in [-0.25, -0.2) is 13.1 Å². The molecular weight excluding hydrogens is 386 g/mol.